The van der Waals surface area contributed by atoms with Crippen LogP contribution >= 0.6 is 11.6 Å². The fraction of sp³-hybridized carbons (Fsp3) is 0.188. The molecular weight excluding hydrogens is 352 g/mol. The molecular formula is C16H17ClN2O4S. The minimum absolute atomic E-state index is 0.253. The average Bonchev–Trinajstić information content (AvgIpc) is 2.50. The van der Waals surface area contributed by atoms with Crippen molar-refractivity contribution in [1.29, 1.82) is 0 Å². The number of nitrogens with one attached hydrogen (secondary N) is 1. The number of rotatable bonds is 6. The Balaban J connectivity index is 1.97. The maximum Gasteiger partial charge on any atom is 0.239 e. The molecule has 0 unspecified atom stereocenters. The summed E-state index contributed by atoms with van der Waals surface area (Å²) in [5.41, 5.74) is 0.536. The lowest BCUT2D eigenvalue weighted by Gasteiger charge is -2.14. The predicted octanol–water partition coefficient (Wildman–Crippen LogP) is 2.96. The molecule has 6 nitrogen and oxygen atoms in total. The number of carbonyl (C=O) groups excluding carboxylic acids is 1. The van der Waals surface area contributed by atoms with Crippen LogP contribution in [0.15, 0.2) is 48.5 Å². The van der Waals surface area contributed by atoms with Crippen LogP contribution in [0.4, 0.5) is 5.69 Å². The van der Waals surface area contributed by atoms with E-state index in [1.54, 1.807) is 42.5 Å². The third kappa shape index (κ3) is 5.23. The van der Waals surface area contributed by atoms with Crippen molar-refractivity contribution in [2.45, 2.75) is 0 Å². The van der Waals surface area contributed by atoms with Gasteiger partial charge in [-0.2, -0.15) is 4.31 Å². The van der Waals surface area contributed by atoms with E-state index in [1.807, 2.05) is 6.07 Å². The van der Waals surface area contributed by atoms with Crippen molar-refractivity contribution < 1.29 is 17.9 Å². The molecule has 0 spiro atoms. The largest absolute Gasteiger partial charge is 0.456 e. The van der Waals surface area contributed by atoms with Gasteiger partial charge in [0.2, 0.25) is 15.9 Å². The molecule has 1 N–H and O–H groups in total. The number of nitrogens with zero attached hydrogens (tertiary/aromatic N) is 1. The molecule has 0 atom stereocenters. The van der Waals surface area contributed by atoms with Crippen molar-refractivity contribution >= 4 is 33.2 Å². The normalized spacial score (nSPS) is 11.3. The van der Waals surface area contributed by atoms with E-state index in [2.05, 4.69) is 5.32 Å². The first-order valence-electron chi connectivity index (χ1n) is 6.99. The number of halogens is 1. The van der Waals surface area contributed by atoms with Crippen LogP contribution < -0.4 is 10.1 Å². The van der Waals surface area contributed by atoms with Crippen LogP contribution in [-0.4, -0.2) is 38.5 Å². The molecule has 0 aromatic heterocycles. The van der Waals surface area contributed by atoms with Crippen molar-refractivity contribution in [3.8, 4) is 11.5 Å². The number of ether oxygens (including phenoxy) is 1. The molecule has 1 amide bonds. The topological polar surface area (TPSA) is 75.7 Å². The van der Waals surface area contributed by atoms with Crippen LogP contribution in [0.1, 0.15) is 0 Å². The highest BCUT2D eigenvalue weighted by atomic mass is 35.5. The molecule has 0 fully saturated rings. The van der Waals surface area contributed by atoms with Crippen LogP contribution in [0.3, 0.4) is 0 Å². The summed E-state index contributed by atoms with van der Waals surface area (Å²) in [5.74, 6) is 0.669. The number of amides is 1. The Morgan fingerprint density at radius 1 is 1.17 bits per heavy atom. The van der Waals surface area contributed by atoms with Crippen molar-refractivity contribution in [1.82, 2.24) is 4.31 Å². The summed E-state index contributed by atoms with van der Waals surface area (Å²) in [6.07, 6.45) is 1.04. The third-order valence-corrected chi connectivity index (χ3v) is 4.71. The molecule has 0 heterocycles. The molecule has 2 rings (SSSR count). The van der Waals surface area contributed by atoms with E-state index in [4.69, 9.17) is 16.3 Å². The van der Waals surface area contributed by atoms with E-state index in [-0.39, 0.29) is 6.54 Å². The van der Waals surface area contributed by atoms with E-state index in [9.17, 15) is 13.2 Å². The van der Waals surface area contributed by atoms with Gasteiger partial charge in [-0.15, -0.1) is 0 Å². The van der Waals surface area contributed by atoms with Gasteiger partial charge in [0.15, 0.2) is 0 Å². The maximum absolute atomic E-state index is 11.8. The molecule has 0 aliphatic rings. The molecule has 128 valence electrons. The Bertz CT molecular complexity index is 822. The van der Waals surface area contributed by atoms with Crippen LogP contribution in [0, 0.1) is 0 Å². The van der Waals surface area contributed by atoms with Gasteiger partial charge in [0.1, 0.15) is 11.5 Å². The number of hydrogen-bond acceptors (Lipinski definition) is 4. The van der Waals surface area contributed by atoms with Gasteiger partial charge in [0.25, 0.3) is 0 Å². The first-order valence-corrected chi connectivity index (χ1v) is 9.22. The second-order valence-electron chi connectivity index (χ2n) is 5.12. The minimum atomic E-state index is -3.40. The van der Waals surface area contributed by atoms with Crippen molar-refractivity contribution in [3.05, 3.63) is 53.6 Å². The Morgan fingerprint density at radius 3 is 2.38 bits per heavy atom. The zero-order valence-corrected chi connectivity index (χ0v) is 14.8. The average molecular weight is 369 g/mol. The number of hydrogen-bond donors (Lipinski definition) is 1. The SMILES string of the molecule is CN(CC(=O)Nc1ccc(Oc2ccccc2Cl)cc1)S(C)(=O)=O. The summed E-state index contributed by atoms with van der Waals surface area (Å²) < 4.78 is 29.2. The van der Waals surface area contributed by atoms with Gasteiger partial charge in [0.05, 0.1) is 17.8 Å². The zero-order chi connectivity index (χ0) is 17.7. The first-order chi connectivity index (χ1) is 11.3. The fourth-order valence-electron chi connectivity index (χ4n) is 1.78. The molecule has 0 saturated carbocycles. The Kier molecular flexibility index (Phi) is 5.82. The first kappa shape index (κ1) is 18.3. The standard InChI is InChI=1S/C16H17ClN2O4S/c1-19(24(2,21)22)11-16(20)18-12-7-9-13(10-8-12)23-15-6-4-3-5-14(15)17/h3-10H,11H2,1-2H3,(H,18,20). The Morgan fingerprint density at radius 2 is 1.79 bits per heavy atom. The monoisotopic (exact) mass is 368 g/mol. The van der Waals surface area contributed by atoms with Gasteiger partial charge in [-0.1, -0.05) is 23.7 Å². The predicted molar refractivity (Wildman–Crippen MR) is 94.1 cm³/mol. The lowest BCUT2D eigenvalue weighted by molar-refractivity contribution is -0.116. The van der Waals surface area contributed by atoms with Gasteiger partial charge in [-0.05, 0) is 36.4 Å². The van der Waals surface area contributed by atoms with Gasteiger partial charge in [-0.3, -0.25) is 4.79 Å². The lowest BCUT2D eigenvalue weighted by Crippen LogP contribution is -2.34. The fourth-order valence-corrected chi connectivity index (χ4v) is 2.31. The summed E-state index contributed by atoms with van der Waals surface area (Å²) in [7, 11) is -2.05. The van der Waals surface area contributed by atoms with Crippen LogP contribution in [0.2, 0.25) is 5.02 Å². The van der Waals surface area contributed by atoms with E-state index >= 15 is 0 Å². The molecule has 2 aromatic rings. The van der Waals surface area contributed by atoms with Gasteiger partial charge >= 0.3 is 0 Å². The van der Waals surface area contributed by atoms with E-state index in [1.165, 1.54) is 7.05 Å². The molecule has 0 aliphatic heterocycles. The van der Waals surface area contributed by atoms with Crippen molar-refractivity contribution in [2.24, 2.45) is 0 Å². The number of benzene rings is 2. The Labute approximate surface area is 146 Å². The smallest absolute Gasteiger partial charge is 0.239 e. The second kappa shape index (κ2) is 7.65. The maximum atomic E-state index is 11.8. The van der Waals surface area contributed by atoms with Crippen LogP contribution in [0.25, 0.3) is 0 Å². The summed E-state index contributed by atoms with van der Waals surface area (Å²) in [4.78, 5) is 11.8. The summed E-state index contributed by atoms with van der Waals surface area (Å²) in [5, 5.41) is 3.12. The lowest BCUT2D eigenvalue weighted by atomic mass is 10.3. The quantitative estimate of drug-likeness (QED) is 0.850. The number of sulfonamides is 1. The molecule has 2 aromatic carbocycles. The van der Waals surface area contributed by atoms with Crippen LogP contribution in [0.5, 0.6) is 11.5 Å². The molecule has 24 heavy (non-hydrogen) atoms. The molecule has 0 aliphatic carbocycles. The van der Waals surface area contributed by atoms with Gasteiger partial charge in [0, 0.05) is 12.7 Å². The summed E-state index contributed by atoms with van der Waals surface area (Å²) in [6.45, 7) is -0.253. The highest BCUT2D eigenvalue weighted by Crippen LogP contribution is 2.29. The molecule has 8 heteroatoms. The van der Waals surface area contributed by atoms with Gasteiger partial charge < -0.3 is 10.1 Å². The summed E-state index contributed by atoms with van der Waals surface area (Å²) >= 11 is 6.02. The second-order valence-corrected chi connectivity index (χ2v) is 7.62. The van der Waals surface area contributed by atoms with E-state index in [0.717, 1.165) is 10.6 Å². The number of likely N-dealkylation sites (N-methyl/N-ethyl adjacent to an activating group) is 1. The highest BCUT2D eigenvalue weighted by molar-refractivity contribution is 7.88. The highest BCUT2D eigenvalue weighted by Gasteiger charge is 2.15. The molecule has 0 bridgehead atoms. The number of para-hydroxylation sites is 1. The Hall–Kier alpha value is -2.09. The van der Waals surface area contributed by atoms with Crippen LogP contribution in [-0.2, 0) is 14.8 Å². The molecule has 0 saturated heterocycles. The number of anilines is 1. The van der Waals surface area contributed by atoms with E-state index < -0.39 is 15.9 Å². The number of carbonyl (C=O) groups is 1. The summed E-state index contributed by atoms with van der Waals surface area (Å²) in [6, 6.07) is 13.8. The zero-order valence-electron chi connectivity index (χ0n) is 13.2. The van der Waals surface area contributed by atoms with Crippen molar-refractivity contribution in [3.63, 3.8) is 0 Å². The minimum Gasteiger partial charge on any atom is -0.456 e. The van der Waals surface area contributed by atoms with Crippen molar-refractivity contribution in [2.75, 3.05) is 25.2 Å². The third-order valence-electron chi connectivity index (χ3n) is 3.13. The molecule has 0 radical (unpaired) electrons. The van der Waals surface area contributed by atoms with E-state index in [0.29, 0.717) is 22.2 Å². The van der Waals surface area contributed by atoms with Gasteiger partial charge in [-0.25, -0.2) is 8.42 Å².